The number of rotatable bonds is 7. The summed E-state index contributed by atoms with van der Waals surface area (Å²) in [6.45, 7) is 3.56. The molecule has 3 N–H and O–H groups in total. The number of aryl methyl sites for hydroxylation is 1. The normalized spacial score (nSPS) is 10.0. The fourth-order valence-corrected chi connectivity index (χ4v) is 2.45. The van der Waals surface area contributed by atoms with Gasteiger partial charge in [0.05, 0.1) is 19.3 Å². The van der Waals surface area contributed by atoms with Crippen molar-refractivity contribution in [1.29, 1.82) is 0 Å². The van der Waals surface area contributed by atoms with Crippen LogP contribution in [0.2, 0.25) is 0 Å². The van der Waals surface area contributed by atoms with E-state index in [-0.39, 0.29) is 18.4 Å². The fraction of sp³-hybridized carbons (Fsp3) is 0.263. The molecule has 0 heterocycles. The monoisotopic (exact) mass is 341 g/mol. The highest BCUT2D eigenvalue weighted by atomic mass is 16.5. The Morgan fingerprint density at radius 1 is 1.04 bits per heavy atom. The number of hydrogen-bond acceptors (Lipinski definition) is 4. The Morgan fingerprint density at radius 2 is 1.80 bits per heavy atom. The van der Waals surface area contributed by atoms with Gasteiger partial charge in [0.25, 0.3) is 0 Å². The van der Waals surface area contributed by atoms with Crippen LogP contribution >= 0.6 is 0 Å². The van der Waals surface area contributed by atoms with Gasteiger partial charge in [-0.1, -0.05) is 25.1 Å². The highest BCUT2D eigenvalue weighted by Crippen LogP contribution is 2.27. The first-order valence-corrected chi connectivity index (χ1v) is 8.10. The van der Waals surface area contributed by atoms with E-state index < -0.39 is 0 Å². The molecule has 0 aromatic heterocycles. The quantitative estimate of drug-likeness (QED) is 0.722. The lowest BCUT2D eigenvalue weighted by atomic mass is 10.1. The summed E-state index contributed by atoms with van der Waals surface area (Å²) < 4.78 is 5.29. The van der Waals surface area contributed by atoms with E-state index in [1.807, 2.05) is 31.2 Å². The van der Waals surface area contributed by atoms with Gasteiger partial charge in [0.2, 0.25) is 11.8 Å². The van der Waals surface area contributed by atoms with Gasteiger partial charge in [-0.3, -0.25) is 9.59 Å². The molecule has 0 saturated heterocycles. The van der Waals surface area contributed by atoms with E-state index in [0.717, 1.165) is 17.7 Å². The maximum Gasteiger partial charge on any atom is 0.243 e. The van der Waals surface area contributed by atoms with Crippen LogP contribution in [-0.4, -0.2) is 25.5 Å². The largest absolute Gasteiger partial charge is 0.495 e. The minimum atomic E-state index is -0.162. The minimum Gasteiger partial charge on any atom is -0.495 e. The Hall–Kier alpha value is -3.02. The number of para-hydroxylation sites is 1. The predicted molar refractivity (Wildman–Crippen MR) is 100 cm³/mol. The maximum absolute atomic E-state index is 12.2. The molecule has 25 heavy (non-hydrogen) atoms. The molecule has 0 aliphatic heterocycles. The number of carbonyl (C=O) groups is 2. The first kappa shape index (κ1) is 18.3. The zero-order valence-electron chi connectivity index (χ0n) is 14.7. The molecule has 0 spiro atoms. The number of methoxy groups -OCH3 is 1. The number of carbonyl (C=O) groups excluding carboxylic acids is 2. The number of ether oxygens (including phenoxy) is 1. The molecule has 0 bridgehead atoms. The van der Waals surface area contributed by atoms with Gasteiger partial charge in [0.15, 0.2) is 0 Å². The molecule has 2 aromatic rings. The lowest BCUT2D eigenvalue weighted by Gasteiger charge is -2.14. The van der Waals surface area contributed by atoms with Gasteiger partial charge in [-0.2, -0.15) is 0 Å². The minimum absolute atomic E-state index is 0.0813. The average Bonchev–Trinajstić information content (AvgIpc) is 2.60. The van der Waals surface area contributed by atoms with Gasteiger partial charge < -0.3 is 20.7 Å². The molecule has 0 aliphatic carbocycles. The van der Waals surface area contributed by atoms with Crippen LogP contribution in [-0.2, 0) is 16.0 Å². The average molecular weight is 341 g/mol. The van der Waals surface area contributed by atoms with Crippen molar-refractivity contribution < 1.29 is 14.3 Å². The molecule has 0 fully saturated rings. The lowest BCUT2D eigenvalue weighted by Crippen LogP contribution is -2.22. The Bertz CT molecular complexity index is 759. The standard InChI is InChI=1S/C19H23N3O3/c1-4-14-7-5-6-8-16(14)22-19(24)12-20-17-11-15(21-13(2)23)9-10-18(17)25-3/h5-11,20H,4,12H2,1-3H3,(H,21,23)(H,22,24). The smallest absolute Gasteiger partial charge is 0.243 e. The highest BCUT2D eigenvalue weighted by Gasteiger charge is 2.09. The van der Waals surface area contributed by atoms with Gasteiger partial charge in [0, 0.05) is 18.3 Å². The second-order valence-corrected chi connectivity index (χ2v) is 5.51. The van der Waals surface area contributed by atoms with E-state index in [2.05, 4.69) is 16.0 Å². The molecule has 0 saturated carbocycles. The highest BCUT2D eigenvalue weighted by molar-refractivity contribution is 5.95. The van der Waals surface area contributed by atoms with E-state index >= 15 is 0 Å². The third kappa shape index (κ3) is 5.24. The summed E-state index contributed by atoms with van der Waals surface area (Å²) in [4.78, 5) is 23.4. The van der Waals surface area contributed by atoms with Crippen LogP contribution in [0.4, 0.5) is 17.1 Å². The molecule has 132 valence electrons. The van der Waals surface area contributed by atoms with Gasteiger partial charge in [-0.15, -0.1) is 0 Å². The van der Waals surface area contributed by atoms with E-state index in [0.29, 0.717) is 17.1 Å². The number of amides is 2. The predicted octanol–water partition coefficient (Wildman–Crippen LogP) is 3.27. The fourth-order valence-electron chi connectivity index (χ4n) is 2.45. The van der Waals surface area contributed by atoms with Gasteiger partial charge in [-0.25, -0.2) is 0 Å². The van der Waals surface area contributed by atoms with Crippen LogP contribution in [0.25, 0.3) is 0 Å². The molecule has 0 aliphatic rings. The molecular weight excluding hydrogens is 318 g/mol. The molecule has 6 heteroatoms. The van der Waals surface area contributed by atoms with Crippen LogP contribution in [0.1, 0.15) is 19.4 Å². The number of anilines is 3. The second kappa shape index (κ2) is 8.73. The van der Waals surface area contributed by atoms with Crippen LogP contribution in [0.15, 0.2) is 42.5 Å². The summed E-state index contributed by atoms with van der Waals surface area (Å²) in [6, 6.07) is 12.9. The number of nitrogens with one attached hydrogen (secondary N) is 3. The van der Waals surface area contributed by atoms with Gasteiger partial charge in [0.1, 0.15) is 5.75 Å². The van der Waals surface area contributed by atoms with Crippen molar-refractivity contribution in [2.24, 2.45) is 0 Å². The van der Waals surface area contributed by atoms with Crippen molar-refractivity contribution in [2.75, 3.05) is 29.6 Å². The lowest BCUT2D eigenvalue weighted by molar-refractivity contribution is -0.115. The van der Waals surface area contributed by atoms with Gasteiger partial charge >= 0.3 is 0 Å². The van der Waals surface area contributed by atoms with Crippen molar-refractivity contribution in [1.82, 2.24) is 0 Å². The van der Waals surface area contributed by atoms with Crippen LogP contribution in [0, 0.1) is 0 Å². The molecule has 6 nitrogen and oxygen atoms in total. The third-order valence-electron chi connectivity index (χ3n) is 3.63. The Kier molecular flexibility index (Phi) is 6.39. The molecule has 2 aromatic carbocycles. The summed E-state index contributed by atoms with van der Waals surface area (Å²) in [5, 5.41) is 8.65. The maximum atomic E-state index is 12.2. The summed E-state index contributed by atoms with van der Waals surface area (Å²) >= 11 is 0. The van der Waals surface area contributed by atoms with Crippen LogP contribution < -0.4 is 20.7 Å². The van der Waals surface area contributed by atoms with Crippen LogP contribution in [0.3, 0.4) is 0 Å². The molecule has 0 unspecified atom stereocenters. The summed E-state index contributed by atoms with van der Waals surface area (Å²) in [5.41, 5.74) is 3.16. The molecule has 0 radical (unpaired) electrons. The summed E-state index contributed by atoms with van der Waals surface area (Å²) in [6.07, 6.45) is 0.844. The molecule has 2 amide bonds. The van der Waals surface area contributed by atoms with E-state index in [1.165, 1.54) is 6.92 Å². The zero-order chi connectivity index (χ0) is 18.2. The van der Waals surface area contributed by atoms with E-state index in [4.69, 9.17) is 4.74 Å². The van der Waals surface area contributed by atoms with Crippen molar-refractivity contribution in [3.05, 3.63) is 48.0 Å². The van der Waals surface area contributed by atoms with Crippen LogP contribution in [0.5, 0.6) is 5.75 Å². The van der Waals surface area contributed by atoms with Crippen molar-refractivity contribution in [3.63, 3.8) is 0 Å². The van der Waals surface area contributed by atoms with E-state index in [1.54, 1.807) is 25.3 Å². The van der Waals surface area contributed by atoms with Crippen molar-refractivity contribution in [3.8, 4) is 5.75 Å². The second-order valence-electron chi connectivity index (χ2n) is 5.51. The first-order valence-electron chi connectivity index (χ1n) is 8.10. The SMILES string of the molecule is CCc1ccccc1NC(=O)CNc1cc(NC(C)=O)ccc1OC. The Balaban J connectivity index is 2.04. The van der Waals surface area contributed by atoms with Gasteiger partial charge in [-0.05, 0) is 36.2 Å². The first-order chi connectivity index (χ1) is 12.0. The Labute approximate surface area is 147 Å². The number of hydrogen-bond donors (Lipinski definition) is 3. The molecular formula is C19H23N3O3. The molecule has 2 rings (SSSR count). The topological polar surface area (TPSA) is 79.5 Å². The number of benzene rings is 2. The summed E-state index contributed by atoms with van der Waals surface area (Å²) in [5.74, 6) is 0.272. The Morgan fingerprint density at radius 3 is 2.48 bits per heavy atom. The molecule has 0 atom stereocenters. The van der Waals surface area contributed by atoms with E-state index in [9.17, 15) is 9.59 Å². The van der Waals surface area contributed by atoms with Crippen molar-refractivity contribution >= 4 is 28.9 Å². The summed E-state index contributed by atoms with van der Waals surface area (Å²) in [7, 11) is 1.55. The van der Waals surface area contributed by atoms with Crippen molar-refractivity contribution in [2.45, 2.75) is 20.3 Å². The third-order valence-corrected chi connectivity index (χ3v) is 3.63. The zero-order valence-corrected chi connectivity index (χ0v) is 14.7.